The molecule has 0 atom stereocenters. The van der Waals surface area contributed by atoms with Crippen LogP contribution in [0.5, 0.6) is 5.75 Å². The number of methoxy groups -OCH3 is 1. The number of carbonyl (C=O) groups excluding carboxylic acids is 1. The number of carbonyl (C=O) groups is 1. The molecule has 0 bridgehead atoms. The normalized spacial score (nSPS) is 11.8. The van der Waals surface area contributed by atoms with Crippen molar-refractivity contribution in [1.82, 2.24) is 16.0 Å². The minimum absolute atomic E-state index is 0.0646. The lowest BCUT2D eigenvalue weighted by molar-refractivity contribution is -0.121. The van der Waals surface area contributed by atoms with Gasteiger partial charge >= 0.3 is 0 Å². The van der Waals surface area contributed by atoms with Crippen molar-refractivity contribution in [2.45, 2.75) is 32.7 Å². The Bertz CT molecular complexity index is 536. The van der Waals surface area contributed by atoms with Crippen molar-refractivity contribution in [2.24, 2.45) is 4.99 Å². The maximum Gasteiger partial charge on any atom is 0.239 e. The molecule has 1 amide bonds. The van der Waals surface area contributed by atoms with Crippen molar-refractivity contribution in [3.8, 4) is 5.75 Å². The molecule has 23 heavy (non-hydrogen) atoms. The van der Waals surface area contributed by atoms with Crippen LogP contribution in [-0.2, 0) is 11.2 Å². The predicted octanol–water partition coefficient (Wildman–Crippen LogP) is 1.32. The van der Waals surface area contributed by atoms with E-state index in [2.05, 4.69) is 20.9 Å². The number of rotatable bonds is 6. The third kappa shape index (κ3) is 7.54. The van der Waals surface area contributed by atoms with Crippen molar-refractivity contribution >= 4 is 11.9 Å². The fourth-order valence-electron chi connectivity index (χ4n) is 2.07. The summed E-state index contributed by atoms with van der Waals surface area (Å²) in [5.74, 6) is 1.41. The van der Waals surface area contributed by atoms with Gasteiger partial charge in [0.1, 0.15) is 5.75 Å². The SMILES string of the molecule is CN=C(NCCc1ccccc1OC)NCC(=O)NC(C)(C)C. The number of amides is 1. The van der Waals surface area contributed by atoms with Crippen molar-refractivity contribution in [3.05, 3.63) is 29.8 Å². The molecule has 1 aromatic rings. The van der Waals surface area contributed by atoms with E-state index in [0.29, 0.717) is 12.5 Å². The average Bonchev–Trinajstić information content (AvgIpc) is 2.49. The molecule has 1 aromatic carbocycles. The van der Waals surface area contributed by atoms with Crippen LogP contribution in [0, 0.1) is 0 Å². The lowest BCUT2D eigenvalue weighted by atomic mass is 10.1. The smallest absolute Gasteiger partial charge is 0.239 e. The Labute approximate surface area is 138 Å². The Balaban J connectivity index is 2.39. The minimum Gasteiger partial charge on any atom is -0.496 e. The highest BCUT2D eigenvalue weighted by atomic mass is 16.5. The van der Waals surface area contributed by atoms with Crippen LogP contribution < -0.4 is 20.7 Å². The molecule has 0 radical (unpaired) electrons. The van der Waals surface area contributed by atoms with E-state index in [0.717, 1.165) is 17.7 Å². The van der Waals surface area contributed by atoms with Crippen LogP contribution >= 0.6 is 0 Å². The third-order valence-electron chi connectivity index (χ3n) is 3.03. The Morgan fingerprint density at radius 2 is 1.91 bits per heavy atom. The van der Waals surface area contributed by atoms with Crippen LogP contribution in [0.1, 0.15) is 26.3 Å². The molecule has 0 spiro atoms. The van der Waals surface area contributed by atoms with Crippen LogP contribution in [-0.4, -0.2) is 44.7 Å². The highest BCUT2D eigenvalue weighted by Gasteiger charge is 2.13. The topological polar surface area (TPSA) is 74.8 Å². The van der Waals surface area contributed by atoms with Gasteiger partial charge in [0, 0.05) is 19.1 Å². The second-order valence-electron chi connectivity index (χ2n) is 6.21. The average molecular weight is 320 g/mol. The number of hydrogen-bond donors (Lipinski definition) is 3. The summed E-state index contributed by atoms with van der Waals surface area (Å²) in [4.78, 5) is 15.9. The maximum atomic E-state index is 11.8. The molecule has 0 saturated carbocycles. The first-order chi connectivity index (χ1) is 10.9. The van der Waals surface area contributed by atoms with Crippen LogP contribution in [0.3, 0.4) is 0 Å². The van der Waals surface area contributed by atoms with Gasteiger partial charge in [0.15, 0.2) is 5.96 Å². The zero-order chi connectivity index (χ0) is 17.3. The first-order valence-electron chi connectivity index (χ1n) is 7.73. The van der Waals surface area contributed by atoms with Gasteiger partial charge in [-0.1, -0.05) is 18.2 Å². The fraction of sp³-hybridized carbons (Fsp3) is 0.529. The molecule has 0 saturated heterocycles. The summed E-state index contributed by atoms with van der Waals surface area (Å²) in [6, 6.07) is 7.92. The Morgan fingerprint density at radius 3 is 2.52 bits per heavy atom. The zero-order valence-corrected chi connectivity index (χ0v) is 14.7. The summed E-state index contributed by atoms with van der Waals surface area (Å²) in [6.07, 6.45) is 0.804. The van der Waals surface area contributed by atoms with Crippen LogP contribution in [0.4, 0.5) is 0 Å². The molecule has 0 fully saturated rings. The monoisotopic (exact) mass is 320 g/mol. The van der Waals surface area contributed by atoms with Crippen molar-refractivity contribution in [3.63, 3.8) is 0 Å². The highest BCUT2D eigenvalue weighted by molar-refractivity contribution is 5.86. The van der Waals surface area contributed by atoms with Gasteiger partial charge in [-0.05, 0) is 38.8 Å². The number of para-hydroxylation sites is 1. The lowest BCUT2D eigenvalue weighted by Crippen LogP contribution is -2.48. The number of benzene rings is 1. The summed E-state index contributed by atoms with van der Waals surface area (Å²) in [6.45, 7) is 6.73. The number of nitrogens with zero attached hydrogens (tertiary/aromatic N) is 1. The van der Waals surface area contributed by atoms with E-state index in [1.807, 2.05) is 45.0 Å². The number of guanidine groups is 1. The first kappa shape index (κ1) is 18.8. The molecule has 0 aliphatic rings. The van der Waals surface area contributed by atoms with Gasteiger partial charge < -0.3 is 20.7 Å². The second kappa shape index (κ2) is 9.02. The maximum absolute atomic E-state index is 11.8. The second-order valence-corrected chi connectivity index (χ2v) is 6.21. The van der Waals surface area contributed by atoms with E-state index in [1.54, 1.807) is 14.2 Å². The molecule has 0 unspecified atom stereocenters. The molecule has 3 N–H and O–H groups in total. The largest absolute Gasteiger partial charge is 0.496 e. The fourth-order valence-corrected chi connectivity index (χ4v) is 2.07. The van der Waals surface area contributed by atoms with Crippen molar-refractivity contribution < 1.29 is 9.53 Å². The highest BCUT2D eigenvalue weighted by Crippen LogP contribution is 2.17. The zero-order valence-electron chi connectivity index (χ0n) is 14.7. The van der Waals surface area contributed by atoms with Gasteiger partial charge in [-0.15, -0.1) is 0 Å². The number of nitrogens with one attached hydrogen (secondary N) is 3. The predicted molar refractivity (Wildman–Crippen MR) is 94.0 cm³/mol. The number of hydrogen-bond acceptors (Lipinski definition) is 3. The molecule has 6 nitrogen and oxygen atoms in total. The van der Waals surface area contributed by atoms with E-state index >= 15 is 0 Å². The van der Waals surface area contributed by atoms with Gasteiger partial charge in [0.2, 0.25) is 5.91 Å². The molecular formula is C17H28N4O2. The van der Waals surface area contributed by atoms with Crippen molar-refractivity contribution in [2.75, 3.05) is 27.2 Å². The van der Waals surface area contributed by atoms with E-state index in [4.69, 9.17) is 4.74 Å². The number of ether oxygens (including phenoxy) is 1. The molecule has 0 aliphatic carbocycles. The summed E-state index contributed by atoms with van der Waals surface area (Å²) >= 11 is 0. The third-order valence-corrected chi connectivity index (χ3v) is 3.03. The van der Waals surface area contributed by atoms with E-state index in [9.17, 15) is 4.79 Å². The lowest BCUT2D eigenvalue weighted by Gasteiger charge is -2.21. The summed E-state index contributed by atoms with van der Waals surface area (Å²) < 4.78 is 5.33. The number of aliphatic imine (C=N–C) groups is 1. The molecule has 0 heterocycles. The van der Waals surface area contributed by atoms with Gasteiger partial charge in [0.05, 0.1) is 13.7 Å². The summed E-state index contributed by atoms with van der Waals surface area (Å²) in [7, 11) is 3.35. The van der Waals surface area contributed by atoms with Gasteiger partial charge in [-0.25, -0.2) is 0 Å². The summed E-state index contributed by atoms with van der Waals surface area (Å²) in [5.41, 5.74) is 0.892. The Kier molecular flexibility index (Phi) is 7.38. The standard InChI is InChI=1S/C17H28N4O2/c1-17(2,3)21-15(22)12-20-16(18-4)19-11-10-13-8-6-7-9-14(13)23-5/h6-9H,10-12H2,1-5H3,(H,21,22)(H2,18,19,20). The van der Waals surface area contributed by atoms with E-state index in [-0.39, 0.29) is 18.0 Å². The van der Waals surface area contributed by atoms with Gasteiger partial charge in [-0.2, -0.15) is 0 Å². The van der Waals surface area contributed by atoms with Crippen LogP contribution in [0.25, 0.3) is 0 Å². The molecule has 0 aromatic heterocycles. The summed E-state index contributed by atoms with van der Waals surface area (Å²) in [5, 5.41) is 9.09. The Morgan fingerprint density at radius 1 is 1.22 bits per heavy atom. The van der Waals surface area contributed by atoms with Crippen molar-refractivity contribution in [1.29, 1.82) is 0 Å². The molecule has 6 heteroatoms. The van der Waals surface area contributed by atoms with E-state index < -0.39 is 0 Å². The quantitative estimate of drug-likeness (QED) is 0.546. The van der Waals surface area contributed by atoms with Crippen LogP contribution in [0.2, 0.25) is 0 Å². The van der Waals surface area contributed by atoms with E-state index in [1.165, 1.54) is 0 Å². The van der Waals surface area contributed by atoms with Crippen LogP contribution in [0.15, 0.2) is 29.3 Å². The molecule has 128 valence electrons. The molecule has 1 rings (SSSR count). The van der Waals surface area contributed by atoms with Gasteiger partial charge in [-0.3, -0.25) is 9.79 Å². The Hall–Kier alpha value is -2.24. The first-order valence-corrected chi connectivity index (χ1v) is 7.73. The van der Waals surface area contributed by atoms with Gasteiger partial charge in [0.25, 0.3) is 0 Å². The minimum atomic E-state index is -0.237. The molecule has 0 aliphatic heterocycles. The molecular weight excluding hydrogens is 292 g/mol.